The highest BCUT2D eigenvalue weighted by molar-refractivity contribution is 6.30. The van der Waals surface area contributed by atoms with Gasteiger partial charge in [-0.15, -0.1) is 0 Å². The van der Waals surface area contributed by atoms with Gasteiger partial charge < -0.3 is 14.8 Å². The first kappa shape index (κ1) is 16.3. The predicted octanol–water partition coefficient (Wildman–Crippen LogP) is 2.18. The van der Waals surface area contributed by atoms with Gasteiger partial charge in [0.15, 0.2) is 12.2 Å². The molecule has 0 aromatic heterocycles. The van der Waals surface area contributed by atoms with Crippen molar-refractivity contribution in [1.29, 1.82) is 0 Å². The first-order valence-corrected chi connectivity index (χ1v) is 6.72. The van der Waals surface area contributed by atoms with E-state index in [0.29, 0.717) is 17.3 Å². The highest BCUT2D eigenvalue weighted by atomic mass is 35.5. The Morgan fingerprint density at radius 2 is 1.80 bits per heavy atom. The molecule has 0 radical (unpaired) electrons. The predicted molar refractivity (Wildman–Crippen MR) is 75.8 cm³/mol. The fourth-order valence-electron chi connectivity index (χ4n) is 1.41. The summed E-state index contributed by atoms with van der Waals surface area (Å²) in [4.78, 5) is 23.2. The third-order valence-corrected chi connectivity index (χ3v) is 2.72. The van der Waals surface area contributed by atoms with Crippen molar-refractivity contribution in [2.75, 3.05) is 6.54 Å². The van der Waals surface area contributed by atoms with Gasteiger partial charge in [0.25, 0.3) is 5.91 Å². The SMILES string of the molecule is CCNC(=O)[C@H](C)OC(=O)[C@@H](C)Oc1ccc(Cl)cc1. The summed E-state index contributed by atoms with van der Waals surface area (Å²) in [6.07, 6.45) is -1.66. The van der Waals surface area contributed by atoms with Gasteiger partial charge in [-0.2, -0.15) is 0 Å². The maximum atomic E-state index is 11.8. The molecule has 110 valence electrons. The van der Waals surface area contributed by atoms with Gasteiger partial charge >= 0.3 is 5.97 Å². The molecule has 0 saturated heterocycles. The minimum Gasteiger partial charge on any atom is -0.479 e. The lowest BCUT2D eigenvalue weighted by molar-refractivity contribution is -0.160. The number of hydrogen-bond acceptors (Lipinski definition) is 4. The molecule has 6 heteroatoms. The summed E-state index contributed by atoms with van der Waals surface area (Å²) in [7, 11) is 0. The van der Waals surface area contributed by atoms with Crippen LogP contribution in [0.1, 0.15) is 20.8 Å². The number of halogens is 1. The monoisotopic (exact) mass is 299 g/mol. The topological polar surface area (TPSA) is 64.6 Å². The second-order valence-corrected chi connectivity index (χ2v) is 4.62. The molecule has 1 rings (SSSR count). The van der Waals surface area contributed by atoms with Gasteiger partial charge in [-0.05, 0) is 45.0 Å². The summed E-state index contributed by atoms with van der Waals surface area (Å²) in [6, 6.07) is 6.62. The molecule has 5 nitrogen and oxygen atoms in total. The van der Waals surface area contributed by atoms with Crippen LogP contribution in [0.15, 0.2) is 24.3 Å². The van der Waals surface area contributed by atoms with Crippen LogP contribution in [0.4, 0.5) is 0 Å². The molecule has 20 heavy (non-hydrogen) atoms. The molecule has 0 bridgehead atoms. The van der Waals surface area contributed by atoms with Crippen molar-refractivity contribution in [2.24, 2.45) is 0 Å². The fourth-order valence-corrected chi connectivity index (χ4v) is 1.53. The molecule has 1 N–H and O–H groups in total. The van der Waals surface area contributed by atoms with Crippen LogP contribution in [0, 0.1) is 0 Å². The van der Waals surface area contributed by atoms with E-state index in [1.807, 2.05) is 0 Å². The second-order valence-electron chi connectivity index (χ2n) is 4.19. The van der Waals surface area contributed by atoms with Crippen molar-refractivity contribution >= 4 is 23.5 Å². The first-order valence-electron chi connectivity index (χ1n) is 6.34. The Bertz CT molecular complexity index is 461. The third-order valence-electron chi connectivity index (χ3n) is 2.47. The number of ether oxygens (including phenoxy) is 2. The minimum atomic E-state index is -0.848. The van der Waals surface area contributed by atoms with E-state index in [4.69, 9.17) is 21.1 Å². The molecule has 0 aliphatic heterocycles. The average Bonchev–Trinajstić information content (AvgIpc) is 2.41. The Morgan fingerprint density at radius 1 is 1.20 bits per heavy atom. The Morgan fingerprint density at radius 3 is 2.35 bits per heavy atom. The number of benzene rings is 1. The van der Waals surface area contributed by atoms with Gasteiger partial charge in [0.05, 0.1) is 0 Å². The van der Waals surface area contributed by atoms with E-state index >= 15 is 0 Å². The summed E-state index contributed by atoms with van der Waals surface area (Å²) < 4.78 is 10.4. The smallest absolute Gasteiger partial charge is 0.347 e. The molecule has 1 aromatic carbocycles. The van der Waals surface area contributed by atoms with Gasteiger partial charge in [0.2, 0.25) is 0 Å². The highest BCUT2D eigenvalue weighted by Gasteiger charge is 2.22. The van der Waals surface area contributed by atoms with E-state index in [1.165, 1.54) is 6.92 Å². The Hall–Kier alpha value is -1.75. The second kappa shape index (κ2) is 7.75. The van der Waals surface area contributed by atoms with E-state index in [9.17, 15) is 9.59 Å². The summed E-state index contributed by atoms with van der Waals surface area (Å²) in [5.74, 6) is -0.428. The van der Waals surface area contributed by atoms with Crippen LogP contribution < -0.4 is 10.1 Å². The number of nitrogens with one attached hydrogen (secondary N) is 1. The van der Waals surface area contributed by atoms with Gasteiger partial charge in [0.1, 0.15) is 5.75 Å². The molecule has 0 spiro atoms. The van der Waals surface area contributed by atoms with Crippen LogP contribution in [0.3, 0.4) is 0 Å². The Kier molecular flexibility index (Phi) is 6.31. The molecule has 0 saturated carbocycles. The van der Waals surface area contributed by atoms with E-state index in [-0.39, 0.29) is 5.91 Å². The summed E-state index contributed by atoms with van der Waals surface area (Å²) >= 11 is 5.75. The number of carbonyl (C=O) groups excluding carboxylic acids is 2. The van der Waals surface area contributed by atoms with E-state index < -0.39 is 18.2 Å². The van der Waals surface area contributed by atoms with E-state index in [2.05, 4.69) is 5.32 Å². The van der Waals surface area contributed by atoms with Crippen molar-refractivity contribution in [3.63, 3.8) is 0 Å². The standard InChI is InChI=1S/C14H18ClNO4/c1-4-16-13(17)9(2)20-14(18)10(3)19-12-7-5-11(15)6-8-12/h5-10H,4H2,1-3H3,(H,16,17)/t9-,10+/m0/s1. The van der Waals surface area contributed by atoms with Crippen molar-refractivity contribution in [2.45, 2.75) is 33.0 Å². The van der Waals surface area contributed by atoms with Crippen molar-refractivity contribution in [1.82, 2.24) is 5.32 Å². The van der Waals surface area contributed by atoms with E-state index in [1.54, 1.807) is 38.1 Å². The molecular weight excluding hydrogens is 282 g/mol. The van der Waals surface area contributed by atoms with Crippen LogP contribution in [0.5, 0.6) is 5.75 Å². The quantitative estimate of drug-likeness (QED) is 0.818. The molecule has 0 aliphatic carbocycles. The molecule has 0 heterocycles. The Balaban J connectivity index is 2.50. The number of amides is 1. The van der Waals surface area contributed by atoms with Crippen molar-refractivity contribution in [3.05, 3.63) is 29.3 Å². The zero-order valence-electron chi connectivity index (χ0n) is 11.7. The lowest BCUT2D eigenvalue weighted by atomic mass is 10.3. The molecule has 0 unspecified atom stereocenters. The van der Waals surface area contributed by atoms with Gasteiger partial charge in [-0.1, -0.05) is 11.6 Å². The number of esters is 1. The maximum absolute atomic E-state index is 11.8. The molecule has 0 aliphatic rings. The minimum absolute atomic E-state index is 0.334. The van der Waals surface area contributed by atoms with Crippen LogP contribution in [-0.4, -0.2) is 30.6 Å². The summed E-state index contributed by atoms with van der Waals surface area (Å²) in [5.41, 5.74) is 0. The van der Waals surface area contributed by atoms with Crippen molar-refractivity contribution in [3.8, 4) is 5.75 Å². The van der Waals surface area contributed by atoms with Crippen LogP contribution >= 0.6 is 11.6 Å². The van der Waals surface area contributed by atoms with Gasteiger partial charge in [-0.3, -0.25) is 4.79 Å². The zero-order chi connectivity index (χ0) is 15.1. The summed E-state index contributed by atoms with van der Waals surface area (Å²) in [6.45, 7) is 5.34. The van der Waals surface area contributed by atoms with Gasteiger partial charge in [0, 0.05) is 11.6 Å². The van der Waals surface area contributed by atoms with Crippen LogP contribution in [-0.2, 0) is 14.3 Å². The number of rotatable bonds is 6. The average molecular weight is 300 g/mol. The molecule has 2 atom stereocenters. The molecule has 1 aromatic rings. The lowest BCUT2D eigenvalue weighted by Gasteiger charge is -2.17. The first-order chi connectivity index (χ1) is 9.43. The molecule has 1 amide bonds. The normalized spacial score (nSPS) is 13.2. The molecule has 0 fully saturated rings. The summed E-state index contributed by atoms with van der Waals surface area (Å²) in [5, 5.41) is 3.15. The number of likely N-dealkylation sites (N-methyl/N-ethyl adjacent to an activating group) is 1. The molecular formula is C14H18ClNO4. The largest absolute Gasteiger partial charge is 0.479 e. The van der Waals surface area contributed by atoms with E-state index in [0.717, 1.165) is 0 Å². The third kappa shape index (κ3) is 5.09. The van der Waals surface area contributed by atoms with Gasteiger partial charge in [-0.25, -0.2) is 4.79 Å². The zero-order valence-corrected chi connectivity index (χ0v) is 12.4. The number of hydrogen-bond donors (Lipinski definition) is 1. The maximum Gasteiger partial charge on any atom is 0.347 e. The van der Waals surface area contributed by atoms with Crippen LogP contribution in [0.25, 0.3) is 0 Å². The Labute approximate surface area is 123 Å². The fraction of sp³-hybridized carbons (Fsp3) is 0.429. The highest BCUT2D eigenvalue weighted by Crippen LogP contribution is 2.17. The number of carbonyl (C=O) groups is 2. The van der Waals surface area contributed by atoms with Crippen molar-refractivity contribution < 1.29 is 19.1 Å². The van der Waals surface area contributed by atoms with Crippen LogP contribution in [0.2, 0.25) is 5.02 Å². The lowest BCUT2D eigenvalue weighted by Crippen LogP contribution is -2.38.